The van der Waals surface area contributed by atoms with E-state index in [0.717, 1.165) is 6.42 Å². The highest BCUT2D eigenvalue weighted by Gasteiger charge is 2.09. The lowest BCUT2D eigenvalue weighted by Gasteiger charge is -2.12. The zero-order valence-corrected chi connectivity index (χ0v) is 10.7. The molecule has 0 aliphatic heterocycles. The van der Waals surface area contributed by atoms with Gasteiger partial charge in [0, 0.05) is 6.20 Å². The Morgan fingerprint density at radius 2 is 1.84 bits per heavy atom. The molecule has 2 rings (SSSR count). The monoisotopic (exact) mass is 254 g/mol. The topological polar surface area (TPSA) is 55.1 Å². The minimum Gasteiger partial charge on any atom is -0.490 e. The molecule has 1 heterocycles. The summed E-state index contributed by atoms with van der Waals surface area (Å²) in [4.78, 5) is 3.96. The summed E-state index contributed by atoms with van der Waals surface area (Å²) in [6.45, 7) is 2.66. The van der Waals surface area contributed by atoms with E-state index in [4.69, 9.17) is 14.7 Å². The van der Waals surface area contributed by atoms with Crippen LogP contribution in [0.25, 0.3) is 0 Å². The molecule has 0 saturated heterocycles. The van der Waals surface area contributed by atoms with Crippen LogP contribution < -0.4 is 9.47 Å². The van der Waals surface area contributed by atoms with Gasteiger partial charge in [-0.2, -0.15) is 5.26 Å². The van der Waals surface area contributed by atoms with Crippen molar-refractivity contribution in [3.05, 3.63) is 48.3 Å². The molecule has 0 unspecified atom stereocenters. The third-order valence-electron chi connectivity index (χ3n) is 2.41. The van der Waals surface area contributed by atoms with Crippen molar-refractivity contribution in [2.45, 2.75) is 13.3 Å². The summed E-state index contributed by atoms with van der Waals surface area (Å²) in [7, 11) is 0. The number of hydrogen-bond acceptors (Lipinski definition) is 4. The molecule has 0 aliphatic rings. The zero-order chi connectivity index (χ0) is 13.5. The summed E-state index contributed by atoms with van der Waals surface area (Å²) in [5, 5.41) is 8.98. The van der Waals surface area contributed by atoms with Gasteiger partial charge in [-0.25, -0.2) is 4.98 Å². The normalized spacial score (nSPS) is 9.68. The van der Waals surface area contributed by atoms with Crippen molar-refractivity contribution in [3.63, 3.8) is 0 Å². The highest BCUT2D eigenvalue weighted by molar-refractivity contribution is 5.45. The average molecular weight is 254 g/mol. The van der Waals surface area contributed by atoms with Gasteiger partial charge >= 0.3 is 0 Å². The first-order valence-electron chi connectivity index (χ1n) is 6.10. The summed E-state index contributed by atoms with van der Waals surface area (Å²) in [6.07, 6.45) is 2.48. The van der Waals surface area contributed by atoms with Gasteiger partial charge in [-0.15, -0.1) is 0 Å². The second-order valence-corrected chi connectivity index (χ2v) is 3.86. The van der Waals surface area contributed by atoms with E-state index in [2.05, 4.69) is 4.98 Å². The maximum atomic E-state index is 8.98. The van der Waals surface area contributed by atoms with Crippen molar-refractivity contribution >= 4 is 0 Å². The smallest absolute Gasteiger partial charge is 0.183 e. The van der Waals surface area contributed by atoms with E-state index in [-0.39, 0.29) is 5.69 Å². The van der Waals surface area contributed by atoms with Crippen LogP contribution in [-0.4, -0.2) is 11.6 Å². The van der Waals surface area contributed by atoms with Crippen LogP contribution in [0.15, 0.2) is 42.6 Å². The highest BCUT2D eigenvalue weighted by Crippen LogP contribution is 2.32. The number of benzene rings is 1. The van der Waals surface area contributed by atoms with Gasteiger partial charge in [0.1, 0.15) is 6.07 Å². The van der Waals surface area contributed by atoms with Crippen molar-refractivity contribution in [2.24, 2.45) is 0 Å². The maximum Gasteiger partial charge on any atom is 0.183 e. The Balaban J connectivity index is 2.26. The van der Waals surface area contributed by atoms with Crippen molar-refractivity contribution < 1.29 is 9.47 Å². The molecule has 0 saturated carbocycles. The molecule has 96 valence electrons. The first kappa shape index (κ1) is 12.9. The van der Waals surface area contributed by atoms with Gasteiger partial charge in [0.15, 0.2) is 22.9 Å². The summed E-state index contributed by atoms with van der Waals surface area (Å²) in [5.41, 5.74) is 0.257. The van der Waals surface area contributed by atoms with Gasteiger partial charge in [-0.3, -0.25) is 0 Å². The Labute approximate surface area is 112 Å². The number of nitrogens with zero attached hydrogens (tertiary/aromatic N) is 2. The molecule has 4 nitrogen and oxygen atoms in total. The molecule has 2 aromatic rings. The molecule has 0 fully saturated rings. The number of aromatic nitrogens is 1. The van der Waals surface area contributed by atoms with E-state index in [1.54, 1.807) is 24.4 Å². The molecule has 1 aromatic carbocycles. The minimum absolute atomic E-state index is 0.257. The maximum absolute atomic E-state index is 8.98. The molecule has 0 N–H and O–H groups in total. The third kappa shape index (κ3) is 3.23. The van der Waals surface area contributed by atoms with Gasteiger partial charge in [0.05, 0.1) is 6.61 Å². The SMILES string of the molecule is CCCOc1ccccc1Oc1cccnc1C#N. The molecule has 1 aromatic heterocycles. The summed E-state index contributed by atoms with van der Waals surface area (Å²) >= 11 is 0. The van der Waals surface area contributed by atoms with Crippen LogP contribution in [0.3, 0.4) is 0 Å². The largest absolute Gasteiger partial charge is 0.490 e. The molecule has 0 atom stereocenters. The lowest BCUT2D eigenvalue weighted by molar-refractivity contribution is 0.302. The van der Waals surface area contributed by atoms with Crippen molar-refractivity contribution in [1.29, 1.82) is 5.26 Å². The van der Waals surface area contributed by atoms with E-state index < -0.39 is 0 Å². The van der Waals surface area contributed by atoms with Gasteiger partial charge in [0.2, 0.25) is 0 Å². The quantitative estimate of drug-likeness (QED) is 0.819. The van der Waals surface area contributed by atoms with E-state index in [1.807, 2.05) is 31.2 Å². The first-order chi connectivity index (χ1) is 9.35. The molecule has 0 bridgehead atoms. The third-order valence-corrected chi connectivity index (χ3v) is 2.41. The van der Waals surface area contributed by atoms with Crippen LogP contribution in [0.1, 0.15) is 19.0 Å². The number of ether oxygens (including phenoxy) is 2. The average Bonchev–Trinajstić information content (AvgIpc) is 2.47. The number of rotatable bonds is 5. The summed E-state index contributed by atoms with van der Waals surface area (Å²) in [6, 6.07) is 12.8. The Hall–Kier alpha value is -2.54. The predicted octanol–water partition coefficient (Wildman–Crippen LogP) is 3.53. The fourth-order valence-electron chi connectivity index (χ4n) is 1.54. The lowest BCUT2D eigenvalue weighted by atomic mass is 10.3. The van der Waals surface area contributed by atoms with Gasteiger partial charge < -0.3 is 9.47 Å². The first-order valence-corrected chi connectivity index (χ1v) is 6.10. The number of pyridine rings is 1. The van der Waals surface area contributed by atoms with Crippen LogP contribution in [0.4, 0.5) is 0 Å². The van der Waals surface area contributed by atoms with E-state index in [1.165, 1.54) is 0 Å². The Morgan fingerprint density at radius 1 is 1.11 bits per heavy atom. The van der Waals surface area contributed by atoms with Gasteiger partial charge in [-0.05, 0) is 30.7 Å². The molecular formula is C15H14N2O2. The lowest BCUT2D eigenvalue weighted by Crippen LogP contribution is -1.98. The second-order valence-electron chi connectivity index (χ2n) is 3.86. The summed E-state index contributed by atoms with van der Waals surface area (Å²) < 4.78 is 11.3. The fourth-order valence-corrected chi connectivity index (χ4v) is 1.54. The molecular weight excluding hydrogens is 240 g/mol. The minimum atomic E-state index is 0.257. The predicted molar refractivity (Wildman–Crippen MR) is 71.3 cm³/mol. The number of nitriles is 1. The Kier molecular flexibility index (Phi) is 4.35. The summed E-state index contributed by atoms with van der Waals surface area (Å²) in [5.74, 6) is 1.68. The Bertz CT molecular complexity index is 591. The van der Waals surface area contributed by atoms with Gasteiger partial charge in [-0.1, -0.05) is 19.1 Å². The Morgan fingerprint density at radius 3 is 2.58 bits per heavy atom. The van der Waals surface area contributed by atoms with Crippen LogP contribution >= 0.6 is 0 Å². The standard InChI is InChI=1S/C15H14N2O2/c1-2-10-18-14-6-3-4-7-15(14)19-13-8-5-9-17-12(13)11-16/h3-9H,2,10H2,1H3. The van der Waals surface area contributed by atoms with Crippen molar-refractivity contribution in [2.75, 3.05) is 6.61 Å². The molecule has 0 amide bonds. The van der Waals surface area contributed by atoms with E-state index in [9.17, 15) is 0 Å². The van der Waals surface area contributed by atoms with Crippen LogP contribution in [0.5, 0.6) is 17.2 Å². The number of hydrogen-bond donors (Lipinski definition) is 0. The fraction of sp³-hybridized carbons (Fsp3) is 0.200. The van der Waals surface area contributed by atoms with E-state index in [0.29, 0.717) is 23.9 Å². The molecule has 19 heavy (non-hydrogen) atoms. The number of para-hydroxylation sites is 2. The zero-order valence-electron chi connectivity index (χ0n) is 10.7. The second kappa shape index (κ2) is 6.41. The van der Waals surface area contributed by atoms with Crippen LogP contribution in [-0.2, 0) is 0 Å². The van der Waals surface area contributed by atoms with Crippen molar-refractivity contribution in [3.8, 4) is 23.3 Å². The van der Waals surface area contributed by atoms with Crippen LogP contribution in [0.2, 0.25) is 0 Å². The highest BCUT2D eigenvalue weighted by atomic mass is 16.5. The molecule has 0 aliphatic carbocycles. The van der Waals surface area contributed by atoms with Crippen LogP contribution in [0, 0.1) is 11.3 Å². The van der Waals surface area contributed by atoms with E-state index >= 15 is 0 Å². The van der Waals surface area contributed by atoms with Gasteiger partial charge in [0.25, 0.3) is 0 Å². The molecule has 4 heteroatoms. The van der Waals surface area contributed by atoms with Crippen molar-refractivity contribution in [1.82, 2.24) is 4.98 Å². The molecule has 0 radical (unpaired) electrons. The molecule has 0 spiro atoms.